The van der Waals surface area contributed by atoms with Gasteiger partial charge in [-0.1, -0.05) is 24.3 Å². The fraction of sp³-hybridized carbons (Fsp3) is 0.200. The first-order valence-electron chi connectivity index (χ1n) is 8.85. The molecule has 28 heavy (non-hydrogen) atoms. The van der Waals surface area contributed by atoms with Gasteiger partial charge in [-0.05, 0) is 36.8 Å². The van der Waals surface area contributed by atoms with Crippen LogP contribution in [0.25, 0.3) is 15.9 Å². The van der Waals surface area contributed by atoms with E-state index < -0.39 is 0 Å². The summed E-state index contributed by atoms with van der Waals surface area (Å²) in [5.41, 5.74) is 2.88. The monoisotopic (exact) mass is 393 g/mol. The predicted molar refractivity (Wildman–Crippen MR) is 107 cm³/mol. The van der Waals surface area contributed by atoms with Gasteiger partial charge in [0.2, 0.25) is 5.91 Å². The van der Waals surface area contributed by atoms with E-state index in [4.69, 9.17) is 4.74 Å². The molecule has 0 aliphatic heterocycles. The Kier molecular flexibility index (Phi) is 5.41. The number of ether oxygens (including phenoxy) is 1. The van der Waals surface area contributed by atoms with Crippen molar-refractivity contribution in [3.8, 4) is 5.69 Å². The molecular formula is C20H19N5O2S. The minimum atomic E-state index is -0.158. The molecule has 0 fully saturated rings. The number of nitrogens with one attached hydrogen (secondary N) is 1. The molecule has 2 aromatic heterocycles. The molecule has 1 N–H and O–H groups in total. The van der Waals surface area contributed by atoms with E-state index in [1.807, 2.05) is 55.5 Å². The van der Waals surface area contributed by atoms with Crippen molar-refractivity contribution in [1.29, 1.82) is 0 Å². The summed E-state index contributed by atoms with van der Waals surface area (Å²) >= 11 is 1.58. The van der Waals surface area contributed by atoms with E-state index in [1.54, 1.807) is 22.3 Å². The molecular weight excluding hydrogens is 374 g/mol. The van der Waals surface area contributed by atoms with Gasteiger partial charge in [0.05, 0.1) is 28.6 Å². The van der Waals surface area contributed by atoms with Gasteiger partial charge >= 0.3 is 0 Å². The van der Waals surface area contributed by atoms with E-state index in [1.165, 1.54) is 6.33 Å². The Labute approximate surface area is 166 Å². The summed E-state index contributed by atoms with van der Waals surface area (Å²) in [7, 11) is 0. The number of benzene rings is 2. The summed E-state index contributed by atoms with van der Waals surface area (Å²) in [5.74, 6) is -0.158. The topological polar surface area (TPSA) is 81.9 Å². The van der Waals surface area contributed by atoms with Crippen molar-refractivity contribution in [1.82, 2.24) is 25.1 Å². The van der Waals surface area contributed by atoms with Crippen LogP contribution in [0.15, 0.2) is 61.2 Å². The van der Waals surface area contributed by atoms with E-state index in [0.717, 1.165) is 26.5 Å². The van der Waals surface area contributed by atoms with Crippen LogP contribution in [-0.4, -0.2) is 32.3 Å². The number of thiazole rings is 1. The zero-order valence-corrected chi connectivity index (χ0v) is 16.1. The first-order valence-corrected chi connectivity index (χ1v) is 9.67. The van der Waals surface area contributed by atoms with E-state index in [-0.39, 0.29) is 18.6 Å². The Morgan fingerprint density at radius 1 is 1.21 bits per heavy atom. The number of para-hydroxylation sites is 1. The summed E-state index contributed by atoms with van der Waals surface area (Å²) in [6, 6.07) is 15.6. The minimum absolute atomic E-state index is 0.00267. The van der Waals surface area contributed by atoms with Crippen molar-refractivity contribution in [2.45, 2.75) is 19.6 Å². The lowest BCUT2D eigenvalue weighted by Gasteiger charge is -2.15. The summed E-state index contributed by atoms with van der Waals surface area (Å²) in [5, 5.41) is 7.91. The highest BCUT2D eigenvalue weighted by Crippen LogP contribution is 2.22. The van der Waals surface area contributed by atoms with E-state index in [9.17, 15) is 4.79 Å². The SMILES string of the molecule is C[C@H](NC(=O)COCc1nc2ccccc2s1)c1ccc(-n2cncn2)cc1. The predicted octanol–water partition coefficient (Wildman–Crippen LogP) is 3.27. The number of rotatable bonds is 7. The summed E-state index contributed by atoms with van der Waals surface area (Å²) in [6.07, 6.45) is 3.13. The van der Waals surface area contributed by atoms with Gasteiger partial charge < -0.3 is 10.1 Å². The molecule has 0 radical (unpaired) electrons. The number of fused-ring (bicyclic) bond motifs is 1. The summed E-state index contributed by atoms with van der Waals surface area (Å²) < 4.78 is 8.34. The van der Waals surface area contributed by atoms with Gasteiger partial charge in [-0.25, -0.2) is 14.6 Å². The van der Waals surface area contributed by atoms with E-state index in [0.29, 0.717) is 6.61 Å². The van der Waals surface area contributed by atoms with Crippen molar-refractivity contribution >= 4 is 27.5 Å². The average Bonchev–Trinajstić information content (AvgIpc) is 3.37. The van der Waals surface area contributed by atoms with Crippen molar-refractivity contribution in [2.24, 2.45) is 0 Å². The van der Waals surface area contributed by atoms with Gasteiger partial charge in [0.1, 0.15) is 24.3 Å². The summed E-state index contributed by atoms with van der Waals surface area (Å²) in [4.78, 5) is 20.6. The molecule has 2 aromatic carbocycles. The highest BCUT2D eigenvalue weighted by molar-refractivity contribution is 7.18. The quantitative estimate of drug-likeness (QED) is 0.521. The third-order valence-electron chi connectivity index (χ3n) is 4.25. The zero-order chi connectivity index (χ0) is 19.3. The van der Waals surface area contributed by atoms with Crippen LogP contribution < -0.4 is 5.32 Å². The van der Waals surface area contributed by atoms with Crippen LogP contribution in [0, 0.1) is 0 Å². The molecule has 0 aliphatic carbocycles. The highest BCUT2D eigenvalue weighted by Gasteiger charge is 2.11. The Bertz CT molecular complexity index is 1030. The molecule has 0 saturated heterocycles. The first kappa shape index (κ1) is 18.3. The highest BCUT2D eigenvalue weighted by atomic mass is 32.1. The van der Waals surface area contributed by atoms with Gasteiger partial charge in [0, 0.05) is 0 Å². The third-order valence-corrected chi connectivity index (χ3v) is 5.26. The number of nitrogens with zero attached hydrogens (tertiary/aromatic N) is 4. The second-order valence-corrected chi connectivity index (χ2v) is 7.40. The number of carbonyl (C=O) groups is 1. The fourth-order valence-electron chi connectivity index (χ4n) is 2.84. The smallest absolute Gasteiger partial charge is 0.246 e. The lowest BCUT2D eigenvalue weighted by Crippen LogP contribution is -2.30. The van der Waals surface area contributed by atoms with Crippen LogP contribution in [0.1, 0.15) is 23.5 Å². The maximum atomic E-state index is 12.2. The first-order chi connectivity index (χ1) is 13.7. The Balaban J connectivity index is 1.27. The average molecular weight is 393 g/mol. The fourth-order valence-corrected chi connectivity index (χ4v) is 3.74. The molecule has 1 amide bonds. The Morgan fingerprint density at radius 2 is 2.04 bits per heavy atom. The standard InChI is InChI=1S/C20H19N5O2S/c1-14(15-6-8-16(9-7-15)25-13-21-12-22-25)23-19(26)10-27-11-20-24-17-4-2-3-5-18(17)28-20/h2-9,12-14H,10-11H2,1H3,(H,23,26)/t14-/m0/s1. The number of hydrogen-bond acceptors (Lipinski definition) is 6. The van der Waals surface area contributed by atoms with Crippen molar-refractivity contribution in [3.05, 3.63) is 71.8 Å². The number of aromatic nitrogens is 4. The molecule has 0 saturated carbocycles. The molecule has 7 nitrogen and oxygen atoms in total. The van der Waals surface area contributed by atoms with Crippen LogP contribution in [0.4, 0.5) is 0 Å². The largest absolute Gasteiger partial charge is 0.364 e. The molecule has 0 bridgehead atoms. The maximum Gasteiger partial charge on any atom is 0.246 e. The van der Waals surface area contributed by atoms with Crippen molar-refractivity contribution in [2.75, 3.05) is 6.61 Å². The third kappa shape index (κ3) is 4.24. The second-order valence-electron chi connectivity index (χ2n) is 6.29. The molecule has 0 spiro atoms. The van der Waals surface area contributed by atoms with Gasteiger partial charge in [0.15, 0.2) is 0 Å². The van der Waals surface area contributed by atoms with Crippen LogP contribution in [0.5, 0.6) is 0 Å². The Hall–Kier alpha value is -3.10. The number of carbonyl (C=O) groups excluding carboxylic acids is 1. The Morgan fingerprint density at radius 3 is 2.79 bits per heavy atom. The lowest BCUT2D eigenvalue weighted by molar-refractivity contribution is -0.126. The normalized spacial score (nSPS) is 12.2. The maximum absolute atomic E-state index is 12.2. The molecule has 2 heterocycles. The van der Waals surface area contributed by atoms with Gasteiger partial charge in [-0.15, -0.1) is 11.3 Å². The molecule has 8 heteroatoms. The summed E-state index contributed by atoms with van der Waals surface area (Å²) in [6.45, 7) is 2.26. The van der Waals surface area contributed by atoms with Crippen molar-refractivity contribution < 1.29 is 9.53 Å². The van der Waals surface area contributed by atoms with E-state index >= 15 is 0 Å². The van der Waals surface area contributed by atoms with Gasteiger partial charge in [0.25, 0.3) is 0 Å². The van der Waals surface area contributed by atoms with Gasteiger partial charge in [-0.2, -0.15) is 5.10 Å². The molecule has 4 aromatic rings. The van der Waals surface area contributed by atoms with E-state index in [2.05, 4.69) is 20.4 Å². The molecule has 142 valence electrons. The van der Waals surface area contributed by atoms with Crippen LogP contribution in [0.2, 0.25) is 0 Å². The number of hydrogen-bond donors (Lipinski definition) is 1. The second kappa shape index (κ2) is 8.28. The minimum Gasteiger partial charge on any atom is -0.364 e. The molecule has 4 rings (SSSR count). The molecule has 0 unspecified atom stereocenters. The van der Waals surface area contributed by atoms with Crippen molar-refractivity contribution in [3.63, 3.8) is 0 Å². The van der Waals surface area contributed by atoms with Crippen LogP contribution >= 0.6 is 11.3 Å². The molecule has 0 aliphatic rings. The number of amides is 1. The molecule has 1 atom stereocenters. The van der Waals surface area contributed by atoms with Crippen LogP contribution in [0.3, 0.4) is 0 Å². The van der Waals surface area contributed by atoms with Gasteiger partial charge in [-0.3, -0.25) is 4.79 Å². The zero-order valence-electron chi connectivity index (χ0n) is 15.3. The lowest BCUT2D eigenvalue weighted by atomic mass is 10.1. The van der Waals surface area contributed by atoms with Crippen LogP contribution in [-0.2, 0) is 16.1 Å².